The van der Waals surface area contributed by atoms with Gasteiger partial charge in [0.1, 0.15) is 5.75 Å². The third kappa shape index (κ3) is 3.92. The fourth-order valence-electron chi connectivity index (χ4n) is 2.54. The van der Waals surface area contributed by atoms with Gasteiger partial charge in [-0.3, -0.25) is 4.55 Å². The van der Waals surface area contributed by atoms with Crippen molar-refractivity contribution >= 4 is 10.1 Å². The van der Waals surface area contributed by atoms with Crippen LogP contribution in [0.3, 0.4) is 0 Å². The number of ether oxygens (including phenoxy) is 2. The molecule has 0 bridgehead atoms. The SMILES string of the molecule is COc1cccc([C@@H]2CCOC[C@H]2CS(=O)(=O)O)c1. The fraction of sp³-hybridized carbons (Fsp3) is 0.538. The molecule has 0 saturated carbocycles. The monoisotopic (exact) mass is 286 g/mol. The lowest BCUT2D eigenvalue weighted by atomic mass is 9.84. The van der Waals surface area contributed by atoms with Gasteiger partial charge in [-0.2, -0.15) is 8.42 Å². The standard InChI is InChI=1S/C13H18O5S/c1-17-12-4-2-3-10(7-12)13-5-6-18-8-11(13)9-19(14,15)16/h2-4,7,11,13H,5-6,8-9H2,1H3,(H,14,15,16)/t11-,13-/m0/s1. The largest absolute Gasteiger partial charge is 0.497 e. The maximum atomic E-state index is 11.1. The van der Waals surface area contributed by atoms with Gasteiger partial charge in [-0.05, 0) is 30.0 Å². The summed E-state index contributed by atoms with van der Waals surface area (Å²) in [6, 6.07) is 7.59. The first-order valence-electron chi connectivity index (χ1n) is 6.16. The van der Waals surface area contributed by atoms with Gasteiger partial charge in [0, 0.05) is 12.5 Å². The van der Waals surface area contributed by atoms with Gasteiger partial charge in [0.05, 0.1) is 19.5 Å². The predicted octanol–water partition coefficient (Wildman–Crippen LogP) is 1.70. The van der Waals surface area contributed by atoms with Gasteiger partial charge in [0.15, 0.2) is 0 Å². The molecule has 0 spiro atoms. The summed E-state index contributed by atoms with van der Waals surface area (Å²) < 4.78 is 41.7. The highest BCUT2D eigenvalue weighted by Gasteiger charge is 2.30. The second-order valence-corrected chi connectivity index (χ2v) is 6.25. The second kappa shape index (κ2) is 5.90. The number of rotatable bonds is 4. The molecule has 19 heavy (non-hydrogen) atoms. The van der Waals surface area contributed by atoms with E-state index in [0.717, 1.165) is 17.7 Å². The highest BCUT2D eigenvalue weighted by atomic mass is 32.2. The van der Waals surface area contributed by atoms with E-state index < -0.39 is 10.1 Å². The second-order valence-electron chi connectivity index (χ2n) is 4.76. The summed E-state index contributed by atoms with van der Waals surface area (Å²) in [5.41, 5.74) is 1.02. The van der Waals surface area contributed by atoms with Crippen molar-refractivity contribution in [1.82, 2.24) is 0 Å². The lowest BCUT2D eigenvalue weighted by Crippen LogP contribution is -2.31. The quantitative estimate of drug-likeness (QED) is 0.853. The van der Waals surface area contributed by atoms with E-state index in [9.17, 15) is 8.42 Å². The van der Waals surface area contributed by atoms with Gasteiger partial charge in [0.2, 0.25) is 0 Å². The molecule has 1 N–H and O–H groups in total. The first-order chi connectivity index (χ1) is 8.99. The zero-order valence-electron chi connectivity index (χ0n) is 10.8. The first-order valence-corrected chi connectivity index (χ1v) is 7.77. The predicted molar refractivity (Wildman–Crippen MR) is 71.1 cm³/mol. The van der Waals surface area contributed by atoms with E-state index in [1.807, 2.05) is 24.3 Å². The number of hydrogen-bond acceptors (Lipinski definition) is 4. The van der Waals surface area contributed by atoms with Crippen molar-refractivity contribution in [3.63, 3.8) is 0 Å². The first kappa shape index (κ1) is 14.3. The van der Waals surface area contributed by atoms with Gasteiger partial charge in [0.25, 0.3) is 10.1 Å². The molecule has 0 unspecified atom stereocenters. The van der Waals surface area contributed by atoms with Crippen LogP contribution in [0.15, 0.2) is 24.3 Å². The molecular formula is C13H18O5S. The smallest absolute Gasteiger partial charge is 0.265 e. The maximum absolute atomic E-state index is 11.1. The Bertz CT molecular complexity index is 526. The van der Waals surface area contributed by atoms with E-state index in [1.165, 1.54) is 0 Å². The number of benzene rings is 1. The molecular weight excluding hydrogens is 268 g/mol. The summed E-state index contributed by atoms with van der Waals surface area (Å²) in [7, 11) is -2.40. The van der Waals surface area contributed by atoms with Crippen LogP contribution in [0.25, 0.3) is 0 Å². The molecule has 2 rings (SSSR count). The topological polar surface area (TPSA) is 72.8 Å². The molecule has 0 amide bonds. The van der Waals surface area contributed by atoms with E-state index in [1.54, 1.807) is 7.11 Å². The van der Waals surface area contributed by atoms with Crippen LogP contribution in [0.1, 0.15) is 17.9 Å². The van der Waals surface area contributed by atoms with Crippen LogP contribution in [-0.4, -0.2) is 39.0 Å². The molecule has 1 aliphatic rings. The van der Waals surface area contributed by atoms with Crippen molar-refractivity contribution in [3.8, 4) is 5.75 Å². The van der Waals surface area contributed by atoms with Crippen LogP contribution in [0.2, 0.25) is 0 Å². The van der Waals surface area contributed by atoms with Crippen molar-refractivity contribution in [1.29, 1.82) is 0 Å². The Hall–Kier alpha value is -1.11. The van der Waals surface area contributed by atoms with Gasteiger partial charge in [-0.15, -0.1) is 0 Å². The lowest BCUT2D eigenvalue weighted by Gasteiger charge is -2.31. The Morgan fingerprint density at radius 2 is 2.26 bits per heavy atom. The van der Waals surface area contributed by atoms with E-state index in [-0.39, 0.29) is 17.6 Å². The summed E-state index contributed by atoms with van der Waals surface area (Å²) >= 11 is 0. The number of hydrogen-bond donors (Lipinski definition) is 1. The molecule has 0 aliphatic carbocycles. The highest BCUT2D eigenvalue weighted by Crippen LogP contribution is 2.34. The molecule has 1 fully saturated rings. The van der Waals surface area contributed by atoms with E-state index >= 15 is 0 Å². The average molecular weight is 286 g/mol. The summed E-state index contributed by atoms with van der Waals surface area (Å²) in [4.78, 5) is 0. The molecule has 1 aromatic carbocycles. The lowest BCUT2D eigenvalue weighted by molar-refractivity contribution is 0.0478. The minimum absolute atomic E-state index is 0.0609. The van der Waals surface area contributed by atoms with Crippen molar-refractivity contribution in [3.05, 3.63) is 29.8 Å². The normalized spacial score (nSPS) is 24.1. The van der Waals surface area contributed by atoms with Gasteiger partial charge < -0.3 is 9.47 Å². The molecule has 6 heteroatoms. The minimum atomic E-state index is -3.99. The zero-order chi connectivity index (χ0) is 13.9. The van der Waals surface area contributed by atoms with Gasteiger partial charge in [-0.1, -0.05) is 12.1 Å². The van der Waals surface area contributed by atoms with Crippen molar-refractivity contribution in [2.45, 2.75) is 12.3 Å². The third-order valence-electron chi connectivity index (χ3n) is 3.42. The molecule has 106 valence electrons. The summed E-state index contributed by atoms with van der Waals surface area (Å²) in [5.74, 6) is 0.311. The molecule has 1 saturated heterocycles. The Labute approximate surface area is 113 Å². The van der Waals surface area contributed by atoms with Crippen molar-refractivity contribution in [2.75, 3.05) is 26.1 Å². The van der Waals surface area contributed by atoms with Crippen molar-refractivity contribution < 1.29 is 22.4 Å². The van der Waals surface area contributed by atoms with E-state index in [0.29, 0.717) is 13.2 Å². The van der Waals surface area contributed by atoms with Crippen LogP contribution in [0.4, 0.5) is 0 Å². The molecule has 0 radical (unpaired) electrons. The maximum Gasteiger partial charge on any atom is 0.265 e. The van der Waals surface area contributed by atoms with Gasteiger partial charge >= 0.3 is 0 Å². The summed E-state index contributed by atoms with van der Waals surface area (Å²) in [6.45, 7) is 0.950. The Kier molecular flexibility index (Phi) is 4.44. The van der Waals surface area contributed by atoms with Crippen LogP contribution in [0.5, 0.6) is 5.75 Å². The van der Waals surface area contributed by atoms with Gasteiger partial charge in [-0.25, -0.2) is 0 Å². The number of methoxy groups -OCH3 is 1. The molecule has 1 aliphatic heterocycles. The third-order valence-corrected chi connectivity index (χ3v) is 4.27. The van der Waals surface area contributed by atoms with E-state index in [2.05, 4.69) is 0 Å². The molecule has 0 aromatic heterocycles. The Morgan fingerprint density at radius 1 is 1.47 bits per heavy atom. The van der Waals surface area contributed by atoms with Crippen LogP contribution in [-0.2, 0) is 14.9 Å². The molecule has 1 aromatic rings. The average Bonchev–Trinajstić information content (AvgIpc) is 2.37. The van der Waals surface area contributed by atoms with Crippen molar-refractivity contribution in [2.24, 2.45) is 5.92 Å². The fourth-order valence-corrected chi connectivity index (χ4v) is 3.41. The van der Waals surface area contributed by atoms with E-state index in [4.69, 9.17) is 14.0 Å². The van der Waals surface area contributed by atoms with Crippen LogP contribution >= 0.6 is 0 Å². The Morgan fingerprint density at radius 3 is 2.95 bits per heavy atom. The Balaban J connectivity index is 2.23. The summed E-state index contributed by atoms with van der Waals surface area (Å²) in [5, 5.41) is 0. The summed E-state index contributed by atoms with van der Waals surface area (Å²) in [6.07, 6.45) is 0.743. The zero-order valence-corrected chi connectivity index (χ0v) is 11.6. The molecule has 1 heterocycles. The highest BCUT2D eigenvalue weighted by molar-refractivity contribution is 7.85. The molecule has 2 atom stereocenters. The van der Waals surface area contributed by atoms with Crippen LogP contribution in [0, 0.1) is 5.92 Å². The van der Waals surface area contributed by atoms with Crippen LogP contribution < -0.4 is 4.74 Å². The minimum Gasteiger partial charge on any atom is -0.497 e. The molecule has 5 nitrogen and oxygen atoms in total.